The lowest BCUT2D eigenvalue weighted by Gasteiger charge is -2.01. The van der Waals surface area contributed by atoms with Crippen molar-refractivity contribution in [3.8, 4) is 5.88 Å². The molecular formula is C4H2BrN2O2-. The summed E-state index contributed by atoms with van der Waals surface area (Å²) in [5, 5.41) is 10.5. The van der Waals surface area contributed by atoms with Gasteiger partial charge in [-0.15, -0.1) is 0 Å². The first-order valence-corrected chi connectivity index (χ1v) is 2.91. The van der Waals surface area contributed by atoms with Gasteiger partial charge >= 0.3 is 0 Å². The van der Waals surface area contributed by atoms with E-state index >= 15 is 0 Å². The summed E-state index contributed by atoms with van der Waals surface area (Å²) in [5.41, 5.74) is -0.449. The zero-order valence-electron chi connectivity index (χ0n) is 4.22. The van der Waals surface area contributed by atoms with Gasteiger partial charge in [-0.05, 0) is 15.9 Å². The van der Waals surface area contributed by atoms with Gasteiger partial charge in [0.2, 0.25) is 0 Å². The smallest absolute Gasteiger partial charge is 0.264 e. The van der Waals surface area contributed by atoms with E-state index in [2.05, 4.69) is 25.9 Å². The molecule has 1 aromatic rings. The van der Waals surface area contributed by atoms with Crippen LogP contribution in [0.25, 0.3) is 0 Å². The van der Waals surface area contributed by atoms with Crippen LogP contribution in [0.2, 0.25) is 0 Å². The van der Waals surface area contributed by atoms with Crippen molar-refractivity contribution in [3.63, 3.8) is 0 Å². The van der Waals surface area contributed by atoms with Gasteiger partial charge in [0, 0.05) is 5.88 Å². The van der Waals surface area contributed by atoms with E-state index in [1.165, 1.54) is 0 Å². The van der Waals surface area contributed by atoms with Gasteiger partial charge in [-0.2, -0.15) is 0 Å². The van der Waals surface area contributed by atoms with Crippen molar-refractivity contribution in [2.75, 3.05) is 0 Å². The highest BCUT2D eigenvalue weighted by molar-refractivity contribution is 9.10. The minimum absolute atomic E-state index is 0.0509. The fourth-order valence-corrected chi connectivity index (χ4v) is 0.584. The van der Waals surface area contributed by atoms with Crippen LogP contribution >= 0.6 is 15.9 Å². The van der Waals surface area contributed by atoms with Crippen LogP contribution in [0, 0.1) is 0 Å². The highest BCUT2D eigenvalue weighted by atomic mass is 79.9. The number of rotatable bonds is 0. The van der Waals surface area contributed by atoms with E-state index in [1.807, 2.05) is 0 Å². The van der Waals surface area contributed by atoms with Crippen LogP contribution in [0.3, 0.4) is 0 Å². The van der Waals surface area contributed by atoms with E-state index in [0.29, 0.717) is 0 Å². The van der Waals surface area contributed by atoms with Gasteiger partial charge in [-0.1, -0.05) is 0 Å². The maximum atomic E-state index is 10.5. The van der Waals surface area contributed by atoms with Crippen LogP contribution in [-0.2, 0) is 0 Å². The molecule has 48 valence electrons. The number of nitrogens with one attached hydrogen (secondary N) is 1. The van der Waals surface area contributed by atoms with E-state index in [4.69, 9.17) is 0 Å². The van der Waals surface area contributed by atoms with Crippen LogP contribution in [0.5, 0.6) is 5.88 Å². The SMILES string of the molecule is O=c1[nH]cnc([O-])c1Br. The summed E-state index contributed by atoms with van der Waals surface area (Å²) in [4.78, 5) is 16.0. The fourth-order valence-electron chi connectivity index (χ4n) is 0.367. The van der Waals surface area contributed by atoms with Gasteiger partial charge in [-0.25, -0.2) is 0 Å². The summed E-state index contributed by atoms with van der Waals surface area (Å²) in [6.45, 7) is 0. The molecule has 1 aromatic heterocycles. The molecule has 0 unspecified atom stereocenters. The Morgan fingerprint density at radius 1 is 1.78 bits per heavy atom. The molecule has 0 bridgehead atoms. The summed E-state index contributed by atoms with van der Waals surface area (Å²) in [6, 6.07) is 0. The second-order valence-electron chi connectivity index (χ2n) is 1.35. The molecule has 0 saturated carbocycles. The van der Waals surface area contributed by atoms with Gasteiger partial charge in [-0.3, -0.25) is 9.78 Å². The van der Waals surface area contributed by atoms with Crippen molar-refractivity contribution in [2.24, 2.45) is 0 Å². The van der Waals surface area contributed by atoms with Crippen LogP contribution in [-0.4, -0.2) is 9.97 Å². The molecule has 5 heteroatoms. The number of hydrogen-bond acceptors (Lipinski definition) is 3. The summed E-state index contributed by atoms with van der Waals surface area (Å²) < 4.78 is -0.0509. The third-order valence-corrected chi connectivity index (χ3v) is 1.46. The summed E-state index contributed by atoms with van der Waals surface area (Å²) in [6.07, 6.45) is 1.06. The molecule has 1 rings (SSSR count). The van der Waals surface area contributed by atoms with E-state index in [1.54, 1.807) is 0 Å². The molecule has 0 saturated heterocycles. The summed E-state index contributed by atoms with van der Waals surface area (Å²) in [7, 11) is 0. The molecular weight excluding hydrogens is 188 g/mol. The molecule has 0 aliphatic rings. The number of halogens is 1. The zero-order chi connectivity index (χ0) is 6.85. The van der Waals surface area contributed by atoms with Crippen LogP contribution < -0.4 is 10.7 Å². The van der Waals surface area contributed by atoms with Crippen molar-refractivity contribution in [2.45, 2.75) is 0 Å². The average Bonchev–Trinajstić information content (AvgIpc) is 1.83. The van der Waals surface area contributed by atoms with Crippen molar-refractivity contribution < 1.29 is 5.11 Å². The highest BCUT2D eigenvalue weighted by Crippen LogP contribution is 2.08. The first-order valence-electron chi connectivity index (χ1n) is 2.12. The van der Waals surface area contributed by atoms with Crippen LogP contribution in [0.1, 0.15) is 0 Å². The molecule has 1 heterocycles. The van der Waals surface area contributed by atoms with Crippen molar-refractivity contribution in [1.29, 1.82) is 0 Å². The van der Waals surface area contributed by atoms with Crippen LogP contribution in [0.4, 0.5) is 0 Å². The average molecular weight is 190 g/mol. The number of nitrogens with zero attached hydrogens (tertiary/aromatic N) is 1. The molecule has 0 fully saturated rings. The third-order valence-electron chi connectivity index (χ3n) is 0.765. The quantitative estimate of drug-likeness (QED) is 0.605. The lowest BCUT2D eigenvalue weighted by molar-refractivity contribution is -0.276. The van der Waals surface area contributed by atoms with E-state index in [0.717, 1.165) is 6.33 Å². The third kappa shape index (κ3) is 1.10. The lowest BCUT2D eigenvalue weighted by Crippen LogP contribution is -2.10. The van der Waals surface area contributed by atoms with Gasteiger partial charge in [0.1, 0.15) is 0 Å². The molecule has 4 nitrogen and oxygen atoms in total. The number of H-pyrrole nitrogens is 1. The van der Waals surface area contributed by atoms with Gasteiger partial charge < -0.3 is 10.1 Å². The molecule has 0 atom stereocenters. The largest absolute Gasteiger partial charge is 0.858 e. The number of aromatic nitrogens is 2. The molecule has 9 heavy (non-hydrogen) atoms. The monoisotopic (exact) mass is 189 g/mol. The van der Waals surface area contributed by atoms with E-state index < -0.39 is 11.4 Å². The summed E-state index contributed by atoms with van der Waals surface area (Å²) in [5.74, 6) is -0.543. The molecule has 0 aliphatic heterocycles. The van der Waals surface area contributed by atoms with Crippen LogP contribution in [0.15, 0.2) is 15.6 Å². The first kappa shape index (κ1) is 6.28. The predicted octanol–water partition coefficient (Wildman–Crippen LogP) is -0.394. The fraction of sp³-hybridized carbons (Fsp3) is 0. The van der Waals surface area contributed by atoms with Crippen molar-refractivity contribution in [1.82, 2.24) is 9.97 Å². The molecule has 0 aliphatic carbocycles. The normalized spacial score (nSPS) is 9.44. The lowest BCUT2D eigenvalue weighted by atomic mass is 10.6. The second kappa shape index (κ2) is 2.18. The van der Waals surface area contributed by atoms with Gasteiger partial charge in [0.05, 0.1) is 10.8 Å². The molecule has 0 amide bonds. The maximum Gasteiger partial charge on any atom is 0.264 e. The Labute approximate surface area is 58.7 Å². The first-order chi connectivity index (χ1) is 4.22. The Morgan fingerprint density at radius 2 is 2.44 bits per heavy atom. The molecule has 0 spiro atoms. The Balaban J connectivity index is 3.43. The Hall–Kier alpha value is -0.840. The van der Waals surface area contributed by atoms with E-state index in [-0.39, 0.29) is 4.47 Å². The zero-order valence-corrected chi connectivity index (χ0v) is 5.81. The Kier molecular flexibility index (Phi) is 1.52. The minimum Gasteiger partial charge on any atom is -0.858 e. The molecule has 0 radical (unpaired) electrons. The Morgan fingerprint density at radius 3 is 2.89 bits per heavy atom. The van der Waals surface area contributed by atoms with Gasteiger partial charge in [0.15, 0.2) is 0 Å². The standard InChI is InChI=1S/C4H3BrN2O2/c5-2-3(8)6-1-7-4(2)9/h1H,(H2,6,7,8,9)/p-1. The van der Waals surface area contributed by atoms with E-state index in [9.17, 15) is 9.90 Å². The number of aromatic amines is 1. The molecule has 1 N–H and O–H groups in total. The molecule has 0 aromatic carbocycles. The maximum absolute atomic E-state index is 10.5. The predicted molar refractivity (Wildman–Crippen MR) is 32.0 cm³/mol. The van der Waals surface area contributed by atoms with Gasteiger partial charge in [0.25, 0.3) is 5.56 Å². The second-order valence-corrected chi connectivity index (χ2v) is 2.14. The highest BCUT2D eigenvalue weighted by Gasteiger charge is 1.92. The topological polar surface area (TPSA) is 68.8 Å². The number of hydrogen-bond donors (Lipinski definition) is 1. The summed E-state index contributed by atoms with van der Waals surface area (Å²) >= 11 is 2.76. The minimum atomic E-state index is -0.543. The van der Waals surface area contributed by atoms with Crippen molar-refractivity contribution in [3.05, 3.63) is 21.2 Å². The Bertz CT molecular complexity index is 270. The van der Waals surface area contributed by atoms with Crippen molar-refractivity contribution >= 4 is 15.9 Å².